The van der Waals surface area contributed by atoms with Gasteiger partial charge in [-0.2, -0.15) is 5.10 Å². The van der Waals surface area contributed by atoms with Crippen molar-refractivity contribution in [2.24, 2.45) is 7.05 Å². The summed E-state index contributed by atoms with van der Waals surface area (Å²) in [6.07, 6.45) is 2.71. The lowest BCUT2D eigenvalue weighted by Crippen LogP contribution is -2.44. The zero-order valence-electron chi connectivity index (χ0n) is 15.8. The van der Waals surface area contributed by atoms with Gasteiger partial charge in [-0.25, -0.2) is 15.0 Å². The maximum Gasteiger partial charge on any atom is 0.158 e. The predicted octanol–water partition coefficient (Wildman–Crippen LogP) is 2.34. The second-order valence-electron chi connectivity index (χ2n) is 7.54. The van der Waals surface area contributed by atoms with Crippen molar-refractivity contribution in [2.75, 3.05) is 18.0 Å². The molecular formula is C18H28N6O. The van der Waals surface area contributed by atoms with E-state index >= 15 is 0 Å². The fourth-order valence-corrected chi connectivity index (χ4v) is 3.23. The Morgan fingerprint density at radius 1 is 1.08 bits per heavy atom. The van der Waals surface area contributed by atoms with Gasteiger partial charge in [0.15, 0.2) is 5.82 Å². The third-order valence-electron chi connectivity index (χ3n) is 4.90. The molecule has 25 heavy (non-hydrogen) atoms. The highest BCUT2D eigenvalue weighted by molar-refractivity contribution is 5.42. The van der Waals surface area contributed by atoms with Gasteiger partial charge in [0.1, 0.15) is 23.6 Å². The van der Waals surface area contributed by atoms with E-state index in [9.17, 15) is 5.11 Å². The van der Waals surface area contributed by atoms with Crippen LogP contribution in [0.4, 0.5) is 5.82 Å². The lowest BCUT2D eigenvalue weighted by Gasteiger charge is -2.38. The molecule has 1 saturated heterocycles. The number of aliphatic hydroxyl groups is 1. The summed E-state index contributed by atoms with van der Waals surface area (Å²) in [5.74, 6) is 3.13. The van der Waals surface area contributed by atoms with Crippen molar-refractivity contribution in [1.82, 2.24) is 24.7 Å². The molecular weight excluding hydrogens is 316 g/mol. The van der Waals surface area contributed by atoms with Crippen molar-refractivity contribution < 1.29 is 5.11 Å². The first-order chi connectivity index (χ1) is 11.8. The lowest BCUT2D eigenvalue weighted by molar-refractivity contribution is -0.000188. The zero-order chi connectivity index (χ0) is 18.2. The van der Waals surface area contributed by atoms with Gasteiger partial charge in [0, 0.05) is 50.7 Å². The van der Waals surface area contributed by atoms with Gasteiger partial charge >= 0.3 is 0 Å². The van der Waals surface area contributed by atoms with Crippen LogP contribution in [0, 0.1) is 0 Å². The minimum Gasteiger partial charge on any atom is -0.382 e. The van der Waals surface area contributed by atoms with Crippen molar-refractivity contribution in [3.05, 3.63) is 29.7 Å². The van der Waals surface area contributed by atoms with Crippen LogP contribution in [0.1, 0.15) is 69.7 Å². The molecule has 0 saturated carbocycles. The second kappa shape index (κ2) is 6.71. The van der Waals surface area contributed by atoms with Crippen LogP contribution in [0.3, 0.4) is 0 Å². The molecule has 0 aromatic carbocycles. The van der Waals surface area contributed by atoms with Crippen molar-refractivity contribution in [3.8, 4) is 0 Å². The van der Waals surface area contributed by atoms with E-state index in [2.05, 4.69) is 48.7 Å². The van der Waals surface area contributed by atoms with Crippen LogP contribution in [0.2, 0.25) is 0 Å². The van der Waals surface area contributed by atoms with Crippen LogP contribution in [-0.4, -0.2) is 42.9 Å². The Morgan fingerprint density at radius 3 is 2.28 bits per heavy atom. The molecule has 1 aliphatic heterocycles. The van der Waals surface area contributed by atoms with E-state index in [-0.39, 0.29) is 5.92 Å². The topological polar surface area (TPSA) is 80.0 Å². The number of piperidine rings is 1. The summed E-state index contributed by atoms with van der Waals surface area (Å²) in [5.41, 5.74) is 0.152. The summed E-state index contributed by atoms with van der Waals surface area (Å²) < 4.78 is 1.66. The summed E-state index contributed by atoms with van der Waals surface area (Å²) in [7, 11) is 1.82. The summed E-state index contributed by atoms with van der Waals surface area (Å²) >= 11 is 0. The summed E-state index contributed by atoms with van der Waals surface area (Å²) in [5, 5.41) is 15.1. The van der Waals surface area contributed by atoms with Gasteiger partial charge in [0.2, 0.25) is 0 Å². The summed E-state index contributed by atoms with van der Waals surface area (Å²) in [6, 6.07) is 2.09. The number of hydrogen-bond donors (Lipinski definition) is 1. The molecule has 136 valence electrons. The van der Waals surface area contributed by atoms with Crippen LogP contribution >= 0.6 is 0 Å². The summed E-state index contributed by atoms with van der Waals surface area (Å²) in [6.45, 7) is 10.0. The molecule has 1 aliphatic rings. The Bertz CT molecular complexity index is 705. The Kier molecular flexibility index (Phi) is 4.77. The van der Waals surface area contributed by atoms with Crippen molar-refractivity contribution in [1.29, 1.82) is 0 Å². The fraction of sp³-hybridized carbons (Fsp3) is 0.667. The Morgan fingerprint density at radius 2 is 1.76 bits per heavy atom. The highest BCUT2D eigenvalue weighted by Crippen LogP contribution is 2.33. The number of aryl methyl sites for hydroxylation is 1. The minimum absolute atomic E-state index is 0.290. The molecule has 7 heteroatoms. The van der Waals surface area contributed by atoms with Crippen molar-refractivity contribution in [3.63, 3.8) is 0 Å². The highest BCUT2D eigenvalue weighted by atomic mass is 16.3. The number of nitrogens with zero attached hydrogens (tertiary/aromatic N) is 6. The molecule has 0 atom stereocenters. The fourth-order valence-electron chi connectivity index (χ4n) is 3.23. The van der Waals surface area contributed by atoms with E-state index in [1.807, 2.05) is 7.05 Å². The van der Waals surface area contributed by atoms with Gasteiger partial charge in [-0.1, -0.05) is 27.7 Å². The largest absolute Gasteiger partial charge is 0.382 e. The number of hydrogen-bond acceptors (Lipinski definition) is 6. The van der Waals surface area contributed by atoms with Gasteiger partial charge < -0.3 is 10.0 Å². The first-order valence-corrected chi connectivity index (χ1v) is 9.01. The van der Waals surface area contributed by atoms with Crippen LogP contribution in [0.25, 0.3) is 0 Å². The standard InChI is InChI=1S/C18H28N6O/c1-12(2)14-10-15(22-16(21-14)13(3)4)24-8-6-18(25,7-9-24)17-19-11-20-23(17)5/h10-13,25H,6-9H2,1-5H3. The quantitative estimate of drug-likeness (QED) is 0.917. The van der Waals surface area contributed by atoms with Crippen molar-refractivity contribution in [2.45, 2.75) is 58.0 Å². The number of aromatic nitrogens is 5. The Hall–Kier alpha value is -2.02. The molecule has 1 fully saturated rings. The normalized spacial score (nSPS) is 17.5. The third-order valence-corrected chi connectivity index (χ3v) is 4.90. The average molecular weight is 344 g/mol. The molecule has 0 unspecified atom stereocenters. The van der Waals surface area contributed by atoms with Crippen LogP contribution < -0.4 is 4.90 Å². The molecule has 3 heterocycles. The van der Waals surface area contributed by atoms with Gasteiger partial charge in [0.05, 0.1) is 0 Å². The average Bonchev–Trinajstić information content (AvgIpc) is 3.02. The van der Waals surface area contributed by atoms with E-state index in [4.69, 9.17) is 9.97 Å². The van der Waals surface area contributed by atoms with Crippen LogP contribution in [-0.2, 0) is 12.6 Å². The van der Waals surface area contributed by atoms with Crippen molar-refractivity contribution >= 4 is 5.82 Å². The van der Waals surface area contributed by atoms with Gasteiger partial charge in [-0.05, 0) is 5.92 Å². The van der Waals surface area contributed by atoms with E-state index in [0.29, 0.717) is 24.6 Å². The van der Waals surface area contributed by atoms with E-state index < -0.39 is 5.60 Å². The molecule has 3 rings (SSSR count). The SMILES string of the molecule is CC(C)c1cc(N2CCC(O)(c3ncnn3C)CC2)nc(C(C)C)n1. The lowest BCUT2D eigenvalue weighted by atomic mass is 9.90. The smallest absolute Gasteiger partial charge is 0.158 e. The maximum atomic E-state index is 11.0. The van der Waals surface area contributed by atoms with Gasteiger partial charge in [-0.15, -0.1) is 0 Å². The van der Waals surface area contributed by atoms with E-state index in [1.54, 1.807) is 4.68 Å². The second-order valence-corrected chi connectivity index (χ2v) is 7.54. The predicted molar refractivity (Wildman–Crippen MR) is 96.6 cm³/mol. The monoisotopic (exact) mass is 344 g/mol. The molecule has 2 aromatic rings. The first-order valence-electron chi connectivity index (χ1n) is 9.01. The van der Waals surface area contributed by atoms with Crippen LogP contribution in [0.15, 0.2) is 12.4 Å². The molecule has 7 nitrogen and oxygen atoms in total. The first kappa shape index (κ1) is 17.8. The molecule has 2 aromatic heterocycles. The van der Waals surface area contributed by atoms with E-state index in [1.165, 1.54) is 6.33 Å². The third kappa shape index (κ3) is 3.51. The zero-order valence-corrected chi connectivity index (χ0v) is 15.8. The van der Waals surface area contributed by atoms with Crippen LogP contribution in [0.5, 0.6) is 0 Å². The highest BCUT2D eigenvalue weighted by Gasteiger charge is 2.38. The Labute approximate surface area is 149 Å². The summed E-state index contributed by atoms with van der Waals surface area (Å²) in [4.78, 5) is 15.9. The van der Waals surface area contributed by atoms with E-state index in [0.717, 1.165) is 30.4 Å². The number of anilines is 1. The Balaban J connectivity index is 1.82. The number of rotatable bonds is 4. The molecule has 0 bridgehead atoms. The molecule has 1 N–H and O–H groups in total. The van der Waals surface area contributed by atoms with Gasteiger partial charge in [-0.3, -0.25) is 4.68 Å². The molecule has 0 spiro atoms. The minimum atomic E-state index is -0.920. The maximum absolute atomic E-state index is 11.0. The molecule has 0 radical (unpaired) electrons. The van der Waals surface area contributed by atoms with Gasteiger partial charge in [0.25, 0.3) is 0 Å². The molecule has 0 aliphatic carbocycles. The molecule has 0 amide bonds.